The summed E-state index contributed by atoms with van der Waals surface area (Å²) in [5.41, 5.74) is 1.01. The van der Waals surface area contributed by atoms with Gasteiger partial charge in [0.05, 0.1) is 12.7 Å². The van der Waals surface area contributed by atoms with Crippen molar-refractivity contribution < 1.29 is 14.3 Å². The molecule has 2 aromatic rings. The summed E-state index contributed by atoms with van der Waals surface area (Å²) in [6.45, 7) is 0. The third-order valence-corrected chi connectivity index (χ3v) is 3.57. The monoisotopic (exact) mass is 278 g/mol. The number of halogens is 1. The Labute approximate surface area is 114 Å². The number of nitrogens with zero attached hydrogens (tertiary/aromatic N) is 2. The number of hydrogen-bond donors (Lipinski definition) is 0. The molecule has 19 heavy (non-hydrogen) atoms. The van der Waals surface area contributed by atoms with E-state index in [1.807, 2.05) is 10.8 Å². The van der Waals surface area contributed by atoms with Crippen molar-refractivity contribution in [2.45, 2.75) is 18.9 Å². The fourth-order valence-corrected chi connectivity index (χ4v) is 2.52. The largest absolute Gasteiger partial charge is 0.465 e. The predicted molar refractivity (Wildman–Crippen MR) is 69.4 cm³/mol. The van der Waals surface area contributed by atoms with Crippen LogP contribution in [0.5, 0.6) is 0 Å². The third-order valence-electron chi connectivity index (χ3n) is 3.38. The van der Waals surface area contributed by atoms with Gasteiger partial charge in [0.2, 0.25) is 0 Å². The highest BCUT2D eigenvalue weighted by Crippen LogP contribution is 2.33. The normalized spacial score (nSPS) is 15.6. The van der Waals surface area contributed by atoms with Crippen LogP contribution in [0.4, 0.5) is 0 Å². The summed E-state index contributed by atoms with van der Waals surface area (Å²) in [4.78, 5) is 27.1. The highest BCUT2D eigenvalue weighted by Gasteiger charge is 2.29. The molecule has 0 radical (unpaired) electrons. The van der Waals surface area contributed by atoms with Gasteiger partial charge in [-0.3, -0.25) is 4.79 Å². The molecule has 1 aliphatic rings. The van der Waals surface area contributed by atoms with Crippen molar-refractivity contribution in [2.75, 3.05) is 7.11 Å². The quantitative estimate of drug-likeness (QED) is 0.625. The van der Waals surface area contributed by atoms with Crippen LogP contribution in [0.3, 0.4) is 0 Å². The molecule has 1 fully saturated rings. The number of carbonyl (C=O) groups excluding carboxylic acids is 2. The Kier molecular flexibility index (Phi) is 2.78. The second kappa shape index (κ2) is 4.35. The van der Waals surface area contributed by atoms with E-state index < -0.39 is 5.97 Å². The molecule has 1 aliphatic carbocycles. The zero-order valence-corrected chi connectivity index (χ0v) is 11.0. The number of esters is 1. The number of methoxy groups -OCH3 is 1. The van der Waals surface area contributed by atoms with Crippen LogP contribution < -0.4 is 0 Å². The Hall–Kier alpha value is -1.88. The lowest BCUT2D eigenvalue weighted by atomic mass is 9.91. The second-order valence-electron chi connectivity index (χ2n) is 4.55. The smallest absolute Gasteiger partial charge is 0.338 e. The lowest BCUT2D eigenvalue weighted by Crippen LogP contribution is -2.26. The first-order valence-electron chi connectivity index (χ1n) is 5.87. The van der Waals surface area contributed by atoms with Gasteiger partial charge >= 0.3 is 5.97 Å². The Morgan fingerprint density at radius 3 is 2.89 bits per heavy atom. The van der Waals surface area contributed by atoms with Gasteiger partial charge in [0.1, 0.15) is 16.6 Å². The highest BCUT2D eigenvalue weighted by atomic mass is 35.5. The topological polar surface area (TPSA) is 61.2 Å². The molecule has 0 unspecified atom stereocenters. The molecule has 0 aromatic carbocycles. The molecule has 2 heterocycles. The Morgan fingerprint density at radius 2 is 2.26 bits per heavy atom. The standard InChI is InChI=1S/C13H11ClN2O3/c1-19-13(18)10-6-11(14)15-12-9(10)2-3-16(12)7-4-8(17)5-7/h2-3,6-7H,4-5H2,1H3. The highest BCUT2D eigenvalue weighted by molar-refractivity contribution is 6.30. The van der Waals surface area contributed by atoms with Crippen LogP contribution in [0.15, 0.2) is 18.3 Å². The summed E-state index contributed by atoms with van der Waals surface area (Å²) in [6, 6.07) is 3.40. The fraction of sp³-hybridized carbons (Fsp3) is 0.308. The maximum absolute atomic E-state index is 11.7. The summed E-state index contributed by atoms with van der Waals surface area (Å²) in [5.74, 6) is -0.209. The molecule has 5 nitrogen and oxygen atoms in total. The minimum absolute atomic E-state index is 0.112. The van der Waals surface area contributed by atoms with E-state index in [0.717, 1.165) is 0 Å². The van der Waals surface area contributed by atoms with Crippen LogP contribution in [0, 0.1) is 0 Å². The first-order valence-corrected chi connectivity index (χ1v) is 6.25. The zero-order valence-electron chi connectivity index (χ0n) is 10.2. The Balaban J connectivity index is 2.15. The van der Waals surface area contributed by atoms with Gasteiger partial charge in [-0.25, -0.2) is 9.78 Å². The van der Waals surface area contributed by atoms with E-state index in [1.165, 1.54) is 13.2 Å². The maximum atomic E-state index is 11.7. The average Bonchev–Trinajstić information content (AvgIpc) is 2.76. The van der Waals surface area contributed by atoms with Crippen molar-refractivity contribution in [1.82, 2.24) is 9.55 Å². The minimum Gasteiger partial charge on any atom is -0.465 e. The summed E-state index contributed by atoms with van der Waals surface area (Å²) in [6.07, 6.45) is 2.84. The van der Waals surface area contributed by atoms with Gasteiger partial charge in [-0.05, 0) is 12.1 Å². The van der Waals surface area contributed by atoms with Gasteiger partial charge in [-0.2, -0.15) is 0 Å². The van der Waals surface area contributed by atoms with Crippen molar-refractivity contribution >= 4 is 34.4 Å². The summed E-state index contributed by atoms with van der Waals surface area (Å²) in [7, 11) is 1.32. The molecular weight excluding hydrogens is 268 g/mol. The van der Waals surface area contributed by atoms with Crippen LogP contribution >= 0.6 is 11.6 Å². The number of rotatable bonds is 2. The van der Waals surface area contributed by atoms with E-state index in [4.69, 9.17) is 16.3 Å². The summed E-state index contributed by atoms with van der Waals surface area (Å²) in [5, 5.41) is 0.925. The first-order chi connectivity index (χ1) is 9.10. The van der Waals surface area contributed by atoms with Crippen LogP contribution in [0.25, 0.3) is 11.0 Å². The van der Waals surface area contributed by atoms with Crippen molar-refractivity contribution in [1.29, 1.82) is 0 Å². The molecule has 2 aromatic heterocycles. The fourth-order valence-electron chi connectivity index (χ4n) is 2.33. The van der Waals surface area contributed by atoms with Gasteiger partial charge in [-0.15, -0.1) is 0 Å². The van der Waals surface area contributed by atoms with Crippen LogP contribution in [0.1, 0.15) is 29.2 Å². The van der Waals surface area contributed by atoms with Gasteiger partial charge in [-0.1, -0.05) is 11.6 Å². The average molecular weight is 279 g/mol. The van der Waals surface area contributed by atoms with Gasteiger partial charge in [0.15, 0.2) is 0 Å². The molecule has 0 aliphatic heterocycles. The maximum Gasteiger partial charge on any atom is 0.338 e. The second-order valence-corrected chi connectivity index (χ2v) is 4.93. The van der Waals surface area contributed by atoms with E-state index >= 15 is 0 Å². The number of ether oxygens (including phenoxy) is 1. The molecule has 0 bridgehead atoms. The molecule has 1 saturated carbocycles. The Bertz CT molecular complexity index is 684. The van der Waals surface area contributed by atoms with Crippen molar-refractivity contribution in [2.24, 2.45) is 0 Å². The van der Waals surface area contributed by atoms with E-state index in [0.29, 0.717) is 29.4 Å². The molecule has 0 spiro atoms. The number of Topliss-reactive ketones (excluding diaryl/α,β-unsaturated/α-hetero) is 1. The number of ketones is 1. The predicted octanol–water partition coefficient (Wildman–Crippen LogP) is 2.38. The van der Waals surface area contributed by atoms with Crippen molar-refractivity contribution in [3.63, 3.8) is 0 Å². The van der Waals surface area contributed by atoms with Gasteiger partial charge < -0.3 is 9.30 Å². The number of fused-ring (bicyclic) bond motifs is 1. The van der Waals surface area contributed by atoms with Crippen molar-refractivity contribution in [3.05, 3.63) is 29.0 Å². The summed E-state index contributed by atoms with van der Waals surface area (Å²) >= 11 is 5.95. The molecule has 0 N–H and O–H groups in total. The van der Waals surface area contributed by atoms with Gasteiger partial charge in [0.25, 0.3) is 0 Å². The van der Waals surface area contributed by atoms with Crippen LogP contribution in [-0.4, -0.2) is 28.4 Å². The molecular formula is C13H11ClN2O3. The molecule has 6 heteroatoms. The van der Waals surface area contributed by atoms with Crippen LogP contribution in [-0.2, 0) is 9.53 Å². The number of pyridine rings is 1. The molecule has 0 amide bonds. The van der Waals surface area contributed by atoms with Gasteiger partial charge in [0, 0.05) is 30.5 Å². The van der Waals surface area contributed by atoms with E-state index in [1.54, 1.807) is 6.07 Å². The molecule has 0 atom stereocenters. The number of carbonyl (C=O) groups is 2. The number of hydrogen-bond acceptors (Lipinski definition) is 4. The lowest BCUT2D eigenvalue weighted by molar-refractivity contribution is -0.126. The molecule has 0 saturated heterocycles. The Morgan fingerprint density at radius 1 is 1.53 bits per heavy atom. The minimum atomic E-state index is -0.447. The number of aromatic nitrogens is 2. The molecule has 98 valence electrons. The van der Waals surface area contributed by atoms with E-state index in [9.17, 15) is 9.59 Å². The summed E-state index contributed by atoms with van der Waals surface area (Å²) < 4.78 is 6.64. The first kappa shape index (κ1) is 12.2. The van der Waals surface area contributed by atoms with Crippen molar-refractivity contribution in [3.8, 4) is 0 Å². The van der Waals surface area contributed by atoms with E-state index in [-0.39, 0.29) is 17.0 Å². The lowest BCUT2D eigenvalue weighted by Gasteiger charge is -2.26. The van der Waals surface area contributed by atoms with E-state index in [2.05, 4.69) is 4.98 Å². The van der Waals surface area contributed by atoms with Crippen LogP contribution in [0.2, 0.25) is 5.15 Å². The molecule has 3 rings (SSSR count). The SMILES string of the molecule is COC(=O)c1cc(Cl)nc2c1ccn2C1CC(=O)C1. The third kappa shape index (κ3) is 1.90. The zero-order chi connectivity index (χ0) is 13.6.